The van der Waals surface area contributed by atoms with E-state index in [2.05, 4.69) is 5.32 Å². The van der Waals surface area contributed by atoms with Gasteiger partial charge in [-0.2, -0.15) is 0 Å². The molecule has 4 heteroatoms. The summed E-state index contributed by atoms with van der Waals surface area (Å²) in [5.74, 6) is -0.0750. The number of hydrogen-bond donors (Lipinski definition) is 2. The summed E-state index contributed by atoms with van der Waals surface area (Å²) >= 11 is 0. The molecule has 1 aliphatic heterocycles. The Labute approximate surface area is 94.2 Å². The summed E-state index contributed by atoms with van der Waals surface area (Å²) < 4.78 is 4.78. The molecule has 0 saturated carbocycles. The largest absolute Gasteiger partial charge is 0.508 e. The molecule has 4 nitrogen and oxygen atoms in total. The maximum atomic E-state index is 11.6. The van der Waals surface area contributed by atoms with Crippen LogP contribution in [-0.4, -0.2) is 24.7 Å². The van der Waals surface area contributed by atoms with Crippen LogP contribution >= 0.6 is 0 Å². The molecule has 1 aliphatic rings. The molecule has 0 spiro atoms. The van der Waals surface area contributed by atoms with Crippen LogP contribution in [-0.2, 0) is 9.53 Å². The minimum Gasteiger partial charge on any atom is -0.508 e. The molecule has 0 aromatic heterocycles. The van der Waals surface area contributed by atoms with Gasteiger partial charge in [0.15, 0.2) is 0 Å². The summed E-state index contributed by atoms with van der Waals surface area (Å²) in [7, 11) is 1.41. The number of carbonyl (C=O) groups is 1. The summed E-state index contributed by atoms with van der Waals surface area (Å²) in [5, 5.41) is 12.5. The molecule has 0 aliphatic carbocycles. The fourth-order valence-corrected chi connectivity index (χ4v) is 2.14. The number of esters is 1. The number of aromatic hydroxyl groups is 1. The lowest BCUT2D eigenvalue weighted by atomic mass is 9.94. The Morgan fingerprint density at radius 2 is 2.12 bits per heavy atom. The molecule has 0 radical (unpaired) electrons. The number of phenolic OH excluding ortho intramolecular Hbond substituents is 1. The average Bonchev–Trinajstić information content (AvgIpc) is 2.78. The number of methoxy groups -OCH3 is 1. The van der Waals surface area contributed by atoms with Gasteiger partial charge in [-0.1, -0.05) is 12.1 Å². The van der Waals surface area contributed by atoms with Gasteiger partial charge in [-0.15, -0.1) is 0 Å². The Kier molecular flexibility index (Phi) is 3.10. The second-order valence-corrected chi connectivity index (χ2v) is 3.94. The second-order valence-electron chi connectivity index (χ2n) is 3.94. The van der Waals surface area contributed by atoms with E-state index in [1.807, 2.05) is 12.1 Å². The highest BCUT2D eigenvalue weighted by Gasteiger charge is 2.34. The first kappa shape index (κ1) is 11.0. The van der Waals surface area contributed by atoms with Gasteiger partial charge in [0.25, 0.3) is 0 Å². The van der Waals surface area contributed by atoms with Crippen LogP contribution in [0.1, 0.15) is 18.0 Å². The second kappa shape index (κ2) is 4.53. The average molecular weight is 221 g/mol. The fraction of sp³-hybridized carbons (Fsp3) is 0.417. The molecular weight excluding hydrogens is 206 g/mol. The highest BCUT2D eigenvalue weighted by Crippen LogP contribution is 2.31. The number of phenols is 1. The molecule has 0 bridgehead atoms. The van der Waals surface area contributed by atoms with Crippen LogP contribution in [0, 0.1) is 5.92 Å². The molecule has 0 amide bonds. The van der Waals surface area contributed by atoms with E-state index >= 15 is 0 Å². The predicted molar refractivity (Wildman–Crippen MR) is 59.0 cm³/mol. The van der Waals surface area contributed by atoms with Crippen LogP contribution in [0.4, 0.5) is 0 Å². The normalized spacial score (nSPS) is 24.3. The van der Waals surface area contributed by atoms with Crippen molar-refractivity contribution in [3.63, 3.8) is 0 Å². The summed E-state index contributed by atoms with van der Waals surface area (Å²) in [5.41, 5.74) is 1.01. The molecule has 1 fully saturated rings. The maximum Gasteiger partial charge on any atom is 0.310 e. The van der Waals surface area contributed by atoms with E-state index < -0.39 is 0 Å². The summed E-state index contributed by atoms with van der Waals surface area (Å²) in [6.45, 7) is 0.811. The predicted octanol–water partition coefficient (Wildman–Crippen LogP) is 1.22. The quantitative estimate of drug-likeness (QED) is 0.737. The van der Waals surface area contributed by atoms with Gasteiger partial charge >= 0.3 is 5.97 Å². The third-order valence-electron chi connectivity index (χ3n) is 2.98. The van der Waals surface area contributed by atoms with E-state index in [9.17, 15) is 9.90 Å². The van der Waals surface area contributed by atoms with Crippen LogP contribution in [0.5, 0.6) is 5.75 Å². The number of benzene rings is 1. The van der Waals surface area contributed by atoms with Gasteiger partial charge in [-0.3, -0.25) is 4.79 Å². The van der Waals surface area contributed by atoms with Crippen molar-refractivity contribution in [3.05, 3.63) is 29.8 Å². The topological polar surface area (TPSA) is 58.6 Å². The van der Waals surface area contributed by atoms with E-state index in [0.717, 1.165) is 18.5 Å². The van der Waals surface area contributed by atoms with E-state index in [1.165, 1.54) is 7.11 Å². The molecule has 1 aromatic carbocycles. The molecule has 2 N–H and O–H groups in total. The van der Waals surface area contributed by atoms with Crippen molar-refractivity contribution < 1.29 is 14.6 Å². The Hall–Kier alpha value is -1.55. The molecule has 2 rings (SSSR count). The zero-order valence-corrected chi connectivity index (χ0v) is 9.14. The monoisotopic (exact) mass is 221 g/mol. The first-order valence-corrected chi connectivity index (χ1v) is 5.32. The number of carbonyl (C=O) groups excluding carboxylic acids is 1. The minimum atomic E-state index is -0.178. The van der Waals surface area contributed by atoms with Crippen molar-refractivity contribution in [1.29, 1.82) is 0 Å². The molecule has 86 valence electrons. The Morgan fingerprint density at radius 1 is 1.44 bits per heavy atom. The molecular formula is C12H15NO3. The van der Waals surface area contributed by atoms with Crippen molar-refractivity contribution in [2.45, 2.75) is 12.5 Å². The zero-order chi connectivity index (χ0) is 11.5. The van der Waals surface area contributed by atoms with Crippen molar-refractivity contribution >= 4 is 5.97 Å². The maximum absolute atomic E-state index is 11.6. The van der Waals surface area contributed by atoms with Crippen LogP contribution < -0.4 is 5.32 Å². The third kappa shape index (κ3) is 2.02. The van der Waals surface area contributed by atoms with E-state index in [1.54, 1.807) is 12.1 Å². The van der Waals surface area contributed by atoms with Crippen molar-refractivity contribution in [1.82, 2.24) is 5.32 Å². The first-order valence-electron chi connectivity index (χ1n) is 5.32. The van der Waals surface area contributed by atoms with Crippen LogP contribution in [0.25, 0.3) is 0 Å². The summed E-state index contributed by atoms with van der Waals surface area (Å²) in [6.07, 6.45) is 0.790. The van der Waals surface area contributed by atoms with Gasteiger partial charge in [0.1, 0.15) is 5.75 Å². The molecule has 2 atom stereocenters. The van der Waals surface area contributed by atoms with Crippen LogP contribution in [0.3, 0.4) is 0 Å². The SMILES string of the molecule is COC(=O)C1CCNC1c1ccc(O)cc1. The standard InChI is InChI=1S/C12H15NO3/c1-16-12(15)10-6-7-13-11(10)8-2-4-9(14)5-3-8/h2-5,10-11,13-14H,6-7H2,1H3. The van der Waals surface area contributed by atoms with E-state index in [-0.39, 0.29) is 23.7 Å². The molecule has 16 heavy (non-hydrogen) atoms. The lowest BCUT2D eigenvalue weighted by Gasteiger charge is -2.17. The number of hydrogen-bond acceptors (Lipinski definition) is 4. The van der Waals surface area contributed by atoms with Gasteiger partial charge in [0, 0.05) is 6.04 Å². The summed E-state index contributed by atoms with van der Waals surface area (Å²) in [6, 6.07) is 6.91. The first-order chi connectivity index (χ1) is 7.72. The van der Waals surface area contributed by atoms with Gasteiger partial charge in [0.2, 0.25) is 0 Å². The molecule has 1 aromatic rings. The fourth-order valence-electron chi connectivity index (χ4n) is 2.14. The smallest absolute Gasteiger partial charge is 0.310 e. The summed E-state index contributed by atoms with van der Waals surface area (Å²) in [4.78, 5) is 11.6. The van der Waals surface area contributed by atoms with Gasteiger partial charge in [-0.25, -0.2) is 0 Å². The van der Waals surface area contributed by atoms with E-state index in [0.29, 0.717) is 0 Å². The lowest BCUT2D eigenvalue weighted by Crippen LogP contribution is -2.24. The van der Waals surface area contributed by atoms with Crippen LogP contribution in [0.15, 0.2) is 24.3 Å². The van der Waals surface area contributed by atoms with Crippen molar-refractivity contribution in [2.75, 3.05) is 13.7 Å². The zero-order valence-electron chi connectivity index (χ0n) is 9.14. The molecule has 1 saturated heterocycles. The van der Waals surface area contributed by atoms with Gasteiger partial charge < -0.3 is 15.2 Å². The molecule has 1 heterocycles. The van der Waals surface area contributed by atoms with Crippen molar-refractivity contribution in [3.8, 4) is 5.75 Å². The van der Waals surface area contributed by atoms with E-state index in [4.69, 9.17) is 4.74 Å². The number of nitrogens with one attached hydrogen (secondary N) is 1. The Balaban J connectivity index is 2.19. The molecule has 2 unspecified atom stereocenters. The minimum absolute atomic E-state index is 0.00644. The third-order valence-corrected chi connectivity index (χ3v) is 2.98. The highest BCUT2D eigenvalue weighted by atomic mass is 16.5. The lowest BCUT2D eigenvalue weighted by molar-refractivity contribution is -0.145. The Bertz CT molecular complexity index is 374. The number of rotatable bonds is 2. The Morgan fingerprint density at radius 3 is 2.75 bits per heavy atom. The number of ether oxygens (including phenoxy) is 1. The van der Waals surface area contributed by atoms with Crippen molar-refractivity contribution in [2.24, 2.45) is 5.92 Å². The highest BCUT2D eigenvalue weighted by molar-refractivity contribution is 5.74. The van der Waals surface area contributed by atoms with Gasteiger partial charge in [0.05, 0.1) is 13.0 Å². The van der Waals surface area contributed by atoms with Gasteiger partial charge in [-0.05, 0) is 30.7 Å². The van der Waals surface area contributed by atoms with Crippen LogP contribution in [0.2, 0.25) is 0 Å².